The van der Waals surface area contributed by atoms with Crippen LogP contribution in [0.4, 0.5) is 0 Å². The Balaban J connectivity index is 1.95. The van der Waals surface area contributed by atoms with Crippen LogP contribution in [0, 0.1) is 0 Å². The molecule has 0 saturated carbocycles. The van der Waals surface area contributed by atoms with Gasteiger partial charge < -0.3 is 19.3 Å². The monoisotopic (exact) mass is 295 g/mol. The topological polar surface area (TPSA) is 51.2 Å². The van der Waals surface area contributed by atoms with Crippen LogP contribution < -0.4 is 9.47 Å². The van der Waals surface area contributed by atoms with Crippen molar-refractivity contribution in [3.8, 4) is 11.5 Å². The Hall–Kier alpha value is -1.30. The SMILES string of the molecule is COc1ccc(CO)c(OCC2CN(C(C)C)CCO2)c1. The average molecular weight is 295 g/mol. The van der Waals surface area contributed by atoms with E-state index in [1.54, 1.807) is 13.2 Å². The summed E-state index contributed by atoms with van der Waals surface area (Å²) in [5, 5.41) is 9.37. The molecule has 1 heterocycles. The van der Waals surface area contributed by atoms with Crippen molar-refractivity contribution in [2.75, 3.05) is 33.4 Å². The molecule has 0 aliphatic carbocycles. The molecular weight excluding hydrogens is 270 g/mol. The van der Waals surface area contributed by atoms with Crippen molar-refractivity contribution in [3.63, 3.8) is 0 Å². The van der Waals surface area contributed by atoms with Gasteiger partial charge in [-0.1, -0.05) is 0 Å². The zero-order chi connectivity index (χ0) is 15.2. The summed E-state index contributed by atoms with van der Waals surface area (Å²) < 4.78 is 16.8. The number of rotatable bonds is 6. The second-order valence-electron chi connectivity index (χ2n) is 5.52. The number of hydrogen-bond donors (Lipinski definition) is 1. The maximum Gasteiger partial charge on any atom is 0.128 e. The van der Waals surface area contributed by atoms with Gasteiger partial charge in [0, 0.05) is 30.8 Å². The van der Waals surface area contributed by atoms with Crippen molar-refractivity contribution in [3.05, 3.63) is 23.8 Å². The van der Waals surface area contributed by atoms with Crippen LogP contribution in [0.2, 0.25) is 0 Å². The van der Waals surface area contributed by atoms with Gasteiger partial charge in [0.1, 0.15) is 24.2 Å². The smallest absolute Gasteiger partial charge is 0.128 e. The van der Waals surface area contributed by atoms with Gasteiger partial charge in [0.15, 0.2) is 0 Å². The zero-order valence-corrected chi connectivity index (χ0v) is 13.0. The van der Waals surface area contributed by atoms with E-state index in [4.69, 9.17) is 14.2 Å². The van der Waals surface area contributed by atoms with Gasteiger partial charge in [0.05, 0.1) is 20.3 Å². The number of benzene rings is 1. The maximum absolute atomic E-state index is 9.37. The maximum atomic E-state index is 9.37. The average Bonchev–Trinajstić information content (AvgIpc) is 2.52. The Labute approximate surface area is 126 Å². The number of aliphatic hydroxyl groups is 1. The van der Waals surface area contributed by atoms with Gasteiger partial charge in [-0.3, -0.25) is 4.90 Å². The predicted octanol–water partition coefficient (Wildman–Crippen LogP) is 1.68. The van der Waals surface area contributed by atoms with Crippen molar-refractivity contribution in [1.82, 2.24) is 4.90 Å². The van der Waals surface area contributed by atoms with Crippen LogP contribution >= 0.6 is 0 Å². The molecule has 1 atom stereocenters. The first-order valence-electron chi connectivity index (χ1n) is 7.40. The van der Waals surface area contributed by atoms with Gasteiger partial charge in [-0.2, -0.15) is 0 Å². The van der Waals surface area contributed by atoms with E-state index in [9.17, 15) is 5.11 Å². The first-order valence-corrected chi connectivity index (χ1v) is 7.40. The summed E-state index contributed by atoms with van der Waals surface area (Å²) >= 11 is 0. The molecule has 1 fully saturated rings. The van der Waals surface area contributed by atoms with Crippen molar-refractivity contribution in [1.29, 1.82) is 0 Å². The second kappa shape index (κ2) is 7.64. The van der Waals surface area contributed by atoms with E-state index in [2.05, 4.69) is 18.7 Å². The van der Waals surface area contributed by atoms with Crippen LogP contribution in [-0.2, 0) is 11.3 Å². The van der Waals surface area contributed by atoms with Crippen molar-refractivity contribution in [2.45, 2.75) is 32.6 Å². The van der Waals surface area contributed by atoms with Gasteiger partial charge in [-0.25, -0.2) is 0 Å². The highest BCUT2D eigenvalue weighted by Gasteiger charge is 2.23. The number of ether oxygens (including phenoxy) is 3. The molecule has 0 aromatic heterocycles. The molecule has 5 heteroatoms. The molecule has 5 nitrogen and oxygen atoms in total. The summed E-state index contributed by atoms with van der Waals surface area (Å²) in [5.41, 5.74) is 0.757. The largest absolute Gasteiger partial charge is 0.497 e. The number of morpholine rings is 1. The lowest BCUT2D eigenvalue weighted by Gasteiger charge is -2.35. The third-order valence-corrected chi connectivity index (χ3v) is 3.77. The molecule has 1 saturated heterocycles. The fourth-order valence-electron chi connectivity index (χ4n) is 2.42. The quantitative estimate of drug-likeness (QED) is 0.865. The summed E-state index contributed by atoms with van der Waals surface area (Å²) in [4.78, 5) is 2.38. The molecule has 1 unspecified atom stereocenters. The first kappa shape index (κ1) is 16.1. The highest BCUT2D eigenvalue weighted by Crippen LogP contribution is 2.25. The highest BCUT2D eigenvalue weighted by molar-refractivity contribution is 5.40. The number of nitrogens with zero attached hydrogens (tertiary/aromatic N) is 1. The molecule has 0 radical (unpaired) electrons. The lowest BCUT2D eigenvalue weighted by Crippen LogP contribution is -2.47. The van der Waals surface area contributed by atoms with Crippen LogP contribution in [0.15, 0.2) is 18.2 Å². The van der Waals surface area contributed by atoms with Crippen molar-refractivity contribution >= 4 is 0 Å². The summed E-state index contributed by atoms with van der Waals surface area (Å²) in [7, 11) is 1.61. The summed E-state index contributed by atoms with van der Waals surface area (Å²) in [5.74, 6) is 1.37. The number of aliphatic hydroxyl groups excluding tert-OH is 1. The van der Waals surface area contributed by atoms with Crippen LogP contribution in [0.25, 0.3) is 0 Å². The van der Waals surface area contributed by atoms with Crippen molar-refractivity contribution < 1.29 is 19.3 Å². The normalized spacial score (nSPS) is 19.8. The summed E-state index contributed by atoms with van der Waals surface area (Å²) in [6.07, 6.45) is 0.0545. The molecule has 1 aromatic carbocycles. The lowest BCUT2D eigenvalue weighted by atomic mass is 10.2. The molecule has 0 bridgehead atoms. The molecule has 0 spiro atoms. The van der Waals surface area contributed by atoms with E-state index in [-0.39, 0.29) is 12.7 Å². The van der Waals surface area contributed by atoms with E-state index in [1.807, 2.05) is 12.1 Å². The molecule has 21 heavy (non-hydrogen) atoms. The Bertz CT molecular complexity index is 450. The van der Waals surface area contributed by atoms with E-state index >= 15 is 0 Å². The van der Waals surface area contributed by atoms with Gasteiger partial charge in [0.25, 0.3) is 0 Å². The minimum atomic E-state index is -0.0526. The predicted molar refractivity (Wildman–Crippen MR) is 80.9 cm³/mol. The molecule has 1 aromatic rings. The molecule has 1 aliphatic rings. The Morgan fingerprint density at radius 2 is 2.24 bits per heavy atom. The van der Waals surface area contributed by atoms with Crippen LogP contribution in [0.5, 0.6) is 11.5 Å². The van der Waals surface area contributed by atoms with Crippen molar-refractivity contribution in [2.24, 2.45) is 0 Å². The van der Waals surface area contributed by atoms with E-state index in [1.165, 1.54) is 0 Å². The number of methoxy groups -OCH3 is 1. The van der Waals surface area contributed by atoms with Crippen LogP contribution in [-0.4, -0.2) is 55.6 Å². The Morgan fingerprint density at radius 3 is 2.90 bits per heavy atom. The van der Waals surface area contributed by atoms with Crippen LogP contribution in [0.1, 0.15) is 19.4 Å². The Kier molecular flexibility index (Phi) is 5.85. The van der Waals surface area contributed by atoms with Gasteiger partial charge >= 0.3 is 0 Å². The summed E-state index contributed by atoms with van der Waals surface area (Å²) in [6.45, 7) is 7.37. The minimum absolute atomic E-state index is 0.0526. The molecule has 0 amide bonds. The second-order valence-corrected chi connectivity index (χ2v) is 5.52. The summed E-state index contributed by atoms with van der Waals surface area (Å²) in [6, 6.07) is 5.95. The van der Waals surface area contributed by atoms with Gasteiger partial charge in [-0.05, 0) is 26.0 Å². The first-order chi connectivity index (χ1) is 10.1. The van der Waals surface area contributed by atoms with E-state index in [0.717, 1.165) is 31.0 Å². The highest BCUT2D eigenvalue weighted by atomic mass is 16.5. The molecule has 2 rings (SSSR count). The van der Waals surface area contributed by atoms with Crippen LogP contribution in [0.3, 0.4) is 0 Å². The zero-order valence-electron chi connectivity index (χ0n) is 13.0. The fraction of sp³-hybridized carbons (Fsp3) is 0.625. The number of hydrogen-bond acceptors (Lipinski definition) is 5. The Morgan fingerprint density at radius 1 is 1.43 bits per heavy atom. The van der Waals surface area contributed by atoms with Gasteiger partial charge in [-0.15, -0.1) is 0 Å². The third-order valence-electron chi connectivity index (χ3n) is 3.77. The molecule has 1 aliphatic heterocycles. The molecule has 118 valence electrons. The minimum Gasteiger partial charge on any atom is -0.497 e. The standard InChI is InChI=1S/C16H25NO4/c1-12(2)17-6-7-20-15(9-17)11-21-16-8-14(19-3)5-4-13(16)10-18/h4-5,8,12,15,18H,6-7,9-11H2,1-3H3. The molecular formula is C16H25NO4. The molecule has 1 N–H and O–H groups in total. The van der Waals surface area contributed by atoms with E-state index < -0.39 is 0 Å². The lowest BCUT2D eigenvalue weighted by molar-refractivity contribution is -0.0566. The van der Waals surface area contributed by atoms with Gasteiger partial charge in [0.2, 0.25) is 0 Å². The van der Waals surface area contributed by atoms with E-state index in [0.29, 0.717) is 18.4 Å². The fourth-order valence-corrected chi connectivity index (χ4v) is 2.42. The third kappa shape index (κ3) is 4.33.